The van der Waals surface area contributed by atoms with E-state index in [1.165, 1.54) is 11.3 Å². The molecule has 6 nitrogen and oxygen atoms in total. The summed E-state index contributed by atoms with van der Waals surface area (Å²) in [4.78, 5) is 42.2. The molecule has 3 heterocycles. The molecule has 1 aliphatic heterocycles. The van der Waals surface area contributed by atoms with Crippen LogP contribution in [-0.4, -0.2) is 15.8 Å². The number of carbonyl (C=O) groups excluding carboxylic acids is 1. The molecular weight excluding hydrogens is 302 g/mol. The van der Waals surface area contributed by atoms with Gasteiger partial charge in [0.1, 0.15) is 5.82 Å². The van der Waals surface area contributed by atoms with Gasteiger partial charge in [-0.2, -0.15) is 0 Å². The van der Waals surface area contributed by atoms with Gasteiger partial charge in [-0.05, 0) is 24.3 Å². The number of hydrogen-bond donors (Lipinski definition) is 3. The molecule has 0 saturated carbocycles. The van der Waals surface area contributed by atoms with Crippen LogP contribution >= 0.6 is 11.3 Å². The number of aromatic nitrogens is 2. The summed E-state index contributed by atoms with van der Waals surface area (Å²) in [5.74, 6) is 0.0728. The molecular formula is C15H13N3O3S. The smallest absolute Gasteiger partial charge is 0.327 e. The Kier molecular flexibility index (Phi) is 2.90. The lowest BCUT2D eigenvalue weighted by Gasteiger charge is -2.32. The van der Waals surface area contributed by atoms with Crippen LogP contribution in [0.3, 0.4) is 0 Å². The topological polar surface area (TPSA) is 94.8 Å². The number of thiophene rings is 1. The van der Waals surface area contributed by atoms with E-state index in [2.05, 4.69) is 15.3 Å². The summed E-state index contributed by atoms with van der Waals surface area (Å²) >= 11 is 1.50. The Bertz CT molecular complexity index is 905. The van der Waals surface area contributed by atoms with Gasteiger partial charge < -0.3 is 5.32 Å². The quantitative estimate of drug-likeness (QED) is 0.746. The van der Waals surface area contributed by atoms with Gasteiger partial charge >= 0.3 is 5.69 Å². The summed E-state index contributed by atoms with van der Waals surface area (Å²) in [6.45, 7) is 0. The van der Waals surface area contributed by atoms with Crippen molar-refractivity contribution in [3.05, 3.63) is 60.1 Å². The first-order chi connectivity index (χ1) is 10.6. The van der Waals surface area contributed by atoms with Crippen LogP contribution in [0.1, 0.15) is 35.6 Å². The van der Waals surface area contributed by atoms with Gasteiger partial charge in [0.05, 0.1) is 11.5 Å². The fourth-order valence-corrected chi connectivity index (χ4v) is 4.08. The van der Waals surface area contributed by atoms with Crippen molar-refractivity contribution in [2.45, 2.75) is 25.2 Å². The van der Waals surface area contributed by atoms with Crippen molar-refractivity contribution in [1.29, 1.82) is 0 Å². The SMILES string of the molecule is O=C1CCCC2=C1[C@@H](c1cccs1)c1c([nH]c(=O)[nH]c1=O)N2. The normalized spacial score (nSPS) is 20.4. The number of allylic oxidation sites excluding steroid dienone is 2. The van der Waals surface area contributed by atoms with Crippen molar-refractivity contribution in [2.75, 3.05) is 5.32 Å². The largest absolute Gasteiger partial charge is 0.344 e. The first kappa shape index (κ1) is 13.3. The van der Waals surface area contributed by atoms with Crippen molar-refractivity contribution in [3.8, 4) is 0 Å². The van der Waals surface area contributed by atoms with Crippen LogP contribution in [0.2, 0.25) is 0 Å². The maximum absolute atomic E-state index is 12.4. The zero-order chi connectivity index (χ0) is 15.3. The average Bonchev–Trinajstić information content (AvgIpc) is 2.99. The maximum Gasteiger partial charge on any atom is 0.327 e. The highest BCUT2D eigenvalue weighted by Gasteiger charge is 2.37. The highest BCUT2D eigenvalue weighted by molar-refractivity contribution is 7.10. The van der Waals surface area contributed by atoms with E-state index in [0.29, 0.717) is 23.4 Å². The number of Topliss-reactive ketones (excluding diaryl/α,β-unsaturated/α-hetero) is 1. The molecule has 0 amide bonds. The van der Waals surface area contributed by atoms with E-state index in [9.17, 15) is 14.4 Å². The summed E-state index contributed by atoms with van der Waals surface area (Å²) in [7, 11) is 0. The number of anilines is 1. The van der Waals surface area contributed by atoms with Crippen molar-refractivity contribution in [1.82, 2.24) is 9.97 Å². The molecule has 1 aliphatic carbocycles. The van der Waals surface area contributed by atoms with E-state index < -0.39 is 17.2 Å². The highest BCUT2D eigenvalue weighted by atomic mass is 32.1. The minimum absolute atomic E-state index is 0.0726. The number of nitrogens with one attached hydrogen (secondary N) is 3. The molecule has 3 N–H and O–H groups in total. The third-order valence-electron chi connectivity index (χ3n) is 4.12. The van der Waals surface area contributed by atoms with Crippen LogP contribution in [0.15, 0.2) is 38.4 Å². The standard InChI is InChI=1S/C15H13N3O3S/c19-8-4-1-3-7-10(8)11(9-5-2-6-22-9)12-13(16-7)17-15(21)18-14(12)20/h2,5-6,11H,1,3-4H2,(H3,16,17,18,20,21)/t11-/m1/s1. The second-order valence-electron chi connectivity index (χ2n) is 5.44. The molecule has 22 heavy (non-hydrogen) atoms. The average molecular weight is 315 g/mol. The molecule has 4 rings (SSSR count). The van der Waals surface area contributed by atoms with E-state index in [-0.39, 0.29) is 5.78 Å². The van der Waals surface area contributed by atoms with Gasteiger partial charge in [0.25, 0.3) is 5.56 Å². The second-order valence-corrected chi connectivity index (χ2v) is 6.42. The van der Waals surface area contributed by atoms with Gasteiger partial charge in [0.15, 0.2) is 5.78 Å². The molecule has 112 valence electrons. The Morgan fingerprint density at radius 3 is 2.77 bits per heavy atom. The lowest BCUT2D eigenvalue weighted by Crippen LogP contribution is -2.35. The van der Waals surface area contributed by atoms with E-state index in [1.54, 1.807) is 0 Å². The first-order valence-electron chi connectivity index (χ1n) is 7.08. The molecule has 0 aromatic carbocycles. The Morgan fingerprint density at radius 1 is 1.14 bits per heavy atom. The third kappa shape index (κ3) is 1.89. The van der Waals surface area contributed by atoms with E-state index >= 15 is 0 Å². The summed E-state index contributed by atoms with van der Waals surface area (Å²) in [6.07, 6.45) is 2.03. The molecule has 2 aromatic rings. The first-order valence-corrected chi connectivity index (χ1v) is 7.96. The summed E-state index contributed by atoms with van der Waals surface area (Å²) in [6, 6.07) is 3.82. The van der Waals surface area contributed by atoms with Crippen molar-refractivity contribution in [3.63, 3.8) is 0 Å². The lowest BCUT2D eigenvalue weighted by molar-refractivity contribution is -0.116. The zero-order valence-corrected chi connectivity index (χ0v) is 12.4. The number of ketones is 1. The van der Waals surface area contributed by atoms with Crippen LogP contribution < -0.4 is 16.6 Å². The molecule has 2 aliphatic rings. The minimum Gasteiger partial charge on any atom is -0.344 e. The van der Waals surface area contributed by atoms with Crippen LogP contribution in [-0.2, 0) is 4.79 Å². The van der Waals surface area contributed by atoms with Crippen LogP contribution in [0.5, 0.6) is 0 Å². The summed E-state index contributed by atoms with van der Waals surface area (Å²) in [5.41, 5.74) is 0.903. The maximum atomic E-state index is 12.4. The van der Waals surface area contributed by atoms with Gasteiger partial charge in [0.2, 0.25) is 0 Å². The second kappa shape index (κ2) is 4.81. The van der Waals surface area contributed by atoms with Crippen LogP contribution in [0.4, 0.5) is 5.82 Å². The monoisotopic (exact) mass is 315 g/mol. The molecule has 0 unspecified atom stereocenters. The number of fused-ring (bicyclic) bond motifs is 1. The van der Waals surface area contributed by atoms with Crippen molar-refractivity contribution in [2.24, 2.45) is 0 Å². The van der Waals surface area contributed by atoms with Gasteiger partial charge in [-0.3, -0.25) is 19.6 Å². The van der Waals surface area contributed by atoms with Crippen LogP contribution in [0.25, 0.3) is 0 Å². The molecule has 0 radical (unpaired) electrons. The number of hydrogen-bond acceptors (Lipinski definition) is 5. The van der Waals surface area contributed by atoms with E-state index in [4.69, 9.17) is 0 Å². The number of aromatic amines is 2. The van der Waals surface area contributed by atoms with Crippen molar-refractivity contribution >= 4 is 22.9 Å². The molecule has 1 atom stereocenters. The van der Waals surface area contributed by atoms with Gasteiger partial charge in [0, 0.05) is 22.6 Å². The Labute approximate surface area is 128 Å². The number of rotatable bonds is 1. The highest BCUT2D eigenvalue weighted by Crippen LogP contribution is 2.43. The molecule has 0 spiro atoms. The summed E-state index contributed by atoms with van der Waals surface area (Å²) < 4.78 is 0. The summed E-state index contributed by atoms with van der Waals surface area (Å²) in [5, 5.41) is 5.01. The predicted octanol–water partition coefficient (Wildman–Crippen LogP) is 1.69. The van der Waals surface area contributed by atoms with Crippen LogP contribution in [0, 0.1) is 0 Å². The Balaban J connectivity index is 2.03. The number of carbonyl (C=O) groups is 1. The van der Waals surface area contributed by atoms with E-state index in [0.717, 1.165) is 23.4 Å². The Morgan fingerprint density at radius 2 is 2.00 bits per heavy atom. The lowest BCUT2D eigenvalue weighted by atomic mass is 9.79. The van der Waals surface area contributed by atoms with Gasteiger partial charge in [-0.15, -0.1) is 11.3 Å². The fourth-order valence-electron chi connectivity index (χ4n) is 3.23. The molecule has 0 saturated heterocycles. The van der Waals surface area contributed by atoms with Gasteiger partial charge in [-0.1, -0.05) is 6.07 Å². The third-order valence-corrected chi connectivity index (χ3v) is 5.05. The molecule has 0 fully saturated rings. The molecule has 0 bridgehead atoms. The zero-order valence-electron chi connectivity index (χ0n) is 11.6. The minimum atomic E-state index is -0.549. The molecule has 2 aromatic heterocycles. The molecule has 7 heteroatoms. The predicted molar refractivity (Wildman–Crippen MR) is 83.4 cm³/mol. The van der Waals surface area contributed by atoms with Crippen molar-refractivity contribution < 1.29 is 4.79 Å². The number of H-pyrrole nitrogens is 2. The van der Waals surface area contributed by atoms with E-state index in [1.807, 2.05) is 17.5 Å². The Hall–Kier alpha value is -2.41. The fraction of sp³-hybridized carbons (Fsp3) is 0.267. The van der Waals surface area contributed by atoms with Gasteiger partial charge in [-0.25, -0.2) is 4.79 Å².